The molecule has 1 aliphatic rings. The molecule has 1 fully saturated rings. The molecule has 0 unspecified atom stereocenters. The molecular formula is C11H14N4S. The van der Waals surface area contributed by atoms with Crippen LogP contribution in [-0.2, 0) is 0 Å². The Balaban J connectivity index is 2.04. The second-order valence-corrected chi connectivity index (χ2v) is 3.85. The summed E-state index contributed by atoms with van der Waals surface area (Å²) in [5.41, 5.74) is 4.37. The van der Waals surface area contributed by atoms with Crippen molar-refractivity contribution >= 4 is 28.9 Å². The van der Waals surface area contributed by atoms with Gasteiger partial charge in [-0.05, 0) is 24.4 Å². The van der Waals surface area contributed by atoms with Gasteiger partial charge >= 0.3 is 0 Å². The predicted octanol–water partition coefficient (Wildman–Crippen LogP) is 1.30. The molecule has 0 radical (unpaired) electrons. The molecule has 0 aromatic heterocycles. The fourth-order valence-corrected chi connectivity index (χ4v) is 1.66. The lowest BCUT2D eigenvalue weighted by molar-refractivity contribution is 0.858. The van der Waals surface area contributed by atoms with Crippen LogP contribution < -0.4 is 15.8 Å². The average molecular weight is 234 g/mol. The Morgan fingerprint density at radius 2 is 2.19 bits per heavy atom. The third kappa shape index (κ3) is 2.49. The van der Waals surface area contributed by atoms with Crippen LogP contribution in [0.4, 0.5) is 5.69 Å². The van der Waals surface area contributed by atoms with Gasteiger partial charge in [-0.2, -0.15) is 0 Å². The van der Waals surface area contributed by atoms with Gasteiger partial charge in [-0.25, -0.2) is 4.99 Å². The summed E-state index contributed by atoms with van der Waals surface area (Å²) in [5, 5.41) is 5.41. The minimum absolute atomic E-state index is 0.511. The molecule has 1 aromatic carbocycles. The van der Waals surface area contributed by atoms with E-state index >= 15 is 0 Å². The molecule has 1 aromatic rings. The van der Waals surface area contributed by atoms with E-state index in [4.69, 9.17) is 12.2 Å². The first-order chi connectivity index (χ1) is 7.79. The first-order valence-corrected chi connectivity index (χ1v) is 5.59. The molecule has 2 N–H and O–H groups in total. The van der Waals surface area contributed by atoms with E-state index in [1.54, 1.807) is 7.05 Å². The molecule has 0 saturated carbocycles. The normalized spacial score (nSPS) is 17.3. The SMILES string of the molecule is CNC(=S)/N=C1\CCN(c2ccccc2)N1. The highest BCUT2D eigenvalue weighted by Gasteiger charge is 2.17. The molecule has 1 heterocycles. The Labute approximate surface area is 100 Å². The number of benzene rings is 1. The highest BCUT2D eigenvalue weighted by Crippen LogP contribution is 2.14. The molecule has 0 amide bonds. The number of amidine groups is 1. The predicted molar refractivity (Wildman–Crippen MR) is 70.6 cm³/mol. The van der Waals surface area contributed by atoms with E-state index in [2.05, 4.69) is 32.9 Å². The number of hydrazine groups is 1. The van der Waals surface area contributed by atoms with Crippen molar-refractivity contribution in [1.29, 1.82) is 0 Å². The zero-order valence-corrected chi connectivity index (χ0v) is 9.92. The molecule has 0 atom stereocenters. The van der Waals surface area contributed by atoms with E-state index in [1.807, 2.05) is 18.2 Å². The number of hydrogen-bond donors (Lipinski definition) is 2. The van der Waals surface area contributed by atoms with Crippen LogP contribution in [0.15, 0.2) is 35.3 Å². The van der Waals surface area contributed by atoms with Crippen LogP contribution in [0, 0.1) is 0 Å². The van der Waals surface area contributed by atoms with Crippen LogP contribution in [0.3, 0.4) is 0 Å². The average Bonchev–Trinajstić information content (AvgIpc) is 2.78. The monoisotopic (exact) mass is 234 g/mol. The van der Waals surface area contributed by atoms with E-state index in [0.717, 1.165) is 24.5 Å². The third-order valence-corrected chi connectivity index (χ3v) is 2.65. The number of nitrogens with one attached hydrogen (secondary N) is 2. The Hall–Kier alpha value is -1.62. The van der Waals surface area contributed by atoms with Crippen molar-refractivity contribution < 1.29 is 0 Å². The summed E-state index contributed by atoms with van der Waals surface area (Å²) in [6.07, 6.45) is 0.886. The number of nitrogens with zero attached hydrogens (tertiary/aromatic N) is 2. The standard InChI is InChI=1S/C11H14N4S/c1-12-11(16)13-10-7-8-15(14-10)9-5-3-2-4-6-9/h2-6H,7-8H2,1H3,(H2,12,13,14,16). The summed E-state index contributed by atoms with van der Waals surface area (Å²) in [6, 6.07) is 10.2. The molecule has 5 heteroatoms. The summed E-state index contributed by atoms with van der Waals surface area (Å²) < 4.78 is 0. The molecule has 0 bridgehead atoms. The van der Waals surface area contributed by atoms with Crippen molar-refractivity contribution in [2.45, 2.75) is 6.42 Å². The van der Waals surface area contributed by atoms with Crippen LogP contribution in [0.1, 0.15) is 6.42 Å². The molecule has 2 rings (SSSR count). The first kappa shape index (κ1) is 10.9. The molecule has 4 nitrogen and oxygen atoms in total. The molecule has 0 spiro atoms. The highest BCUT2D eigenvalue weighted by atomic mass is 32.1. The second kappa shape index (κ2) is 4.94. The van der Waals surface area contributed by atoms with Crippen molar-refractivity contribution in [2.24, 2.45) is 4.99 Å². The van der Waals surface area contributed by atoms with Crippen LogP contribution in [0.25, 0.3) is 0 Å². The van der Waals surface area contributed by atoms with Gasteiger partial charge in [0.1, 0.15) is 5.84 Å². The highest BCUT2D eigenvalue weighted by molar-refractivity contribution is 7.80. The lowest BCUT2D eigenvalue weighted by atomic mass is 10.3. The van der Waals surface area contributed by atoms with Crippen LogP contribution in [0.2, 0.25) is 0 Å². The Bertz CT molecular complexity index is 402. The van der Waals surface area contributed by atoms with Crippen molar-refractivity contribution in [1.82, 2.24) is 10.7 Å². The molecule has 16 heavy (non-hydrogen) atoms. The van der Waals surface area contributed by atoms with Crippen LogP contribution >= 0.6 is 12.2 Å². The smallest absolute Gasteiger partial charge is 0.194 e. The summed E-state index contributed by atoms with van der Waals surface area (Å²) >= 11 is 4.99. The summed E-state index contributed by atoms with van der Waals surface area (Å²) in [5.74, 6) is 0.906. The summed E-state index contributed by atoms with van der Waals surface area (Å²) in [7, 11) is 1.77. The van der Waals surface area contributed by atoms with Gasteiger partial charge in [0.15, 0.2) is 5.11 Å². The quantitative estimate of drug-likeness (QED) is 0.719. The molecule has 0 aliphatic carbocycles. The van der Waals surface area contributed by atoms with Gasteiger partial charge in [-0.15, -0.1) is 0 Å². The summed E-state index contributed by atoms with van der Waals surface area (Å²) in [6.45, 7) is 0.912. The maximum absolute atomic E-state index is 4.99. The van der Waals surface area contributed by atoms with Crippen LogP contribution in [-0.4, -0.2) is 24.5 Å². The van der Waals surface area contributed by atoms with E-state index in [-0.39, 0.29) is 0 Å². The molecular weight excluding hydrogens is 220 g/mol. The topological polar surface area (TPSA) is 39.7 Å². The van der Waals surface area contributed by atoms with Gasteiger partial charge < -0.3 is 5.32 Å². The van der Waals surface area contributed by atoms with Crippen molar-refractivity contribution in [3.8, 4) is 0 Å². The number of aliphatic imine (C=N–C) groups is 1. The van der Waals surface area contributed by atoms with Crippen molar-refractivity contribution in [3.63, 3.8) is 0 Å². The minimum Gasteiger partial charge on any atom is -0.364 e. The van der Waals surface area contributed by atoms with Gasteiger partial charge in [0.2, 0.25) is 0 Å². The van der Waals surface area contributed by atoms with Gasteiger partial charge in [0.05, 0.1) is 5.69 Å². The van der Waals surface area contributed by atoms with Crippen LogP contribution in [0.5, 0.6) is 0 Å². The van der Waals surface area contributed by atoms with E-state index in [1.165, 1.54) is 0 Å². The van der Waals surface area contributed by atoms with Crippen molar-refractivity contribution in [3.05, 3.63) is 30.3 Å². The van der Waals surface area contributed by atoms with Crippen molar-refractivity contribution in [2.75, 3.05) is 18.6 Å². The van der Waals surface area contributed by atoms with Gasteiger partial charge in [0, 0.05) is 20.0 Å². The van der Waals surface area contributed by atoms with E-state index in [9.17, 15) is 0 Å². The molecule has 1 aliphatic heterocycles. The number of anilines is 1. The summed E-state index contributed by atoms with van der Waals surface area (Å²) in [4.78, 5) is 4.25. The first-order valence-electron chi connectivity index (χ1n) is 5.18. The maximum Gasteiger partial charge on any atom is 0.194 e. The third-order valence-electron chi connectivity index (χ3n) is 2.35. The van der Waals surface area contributed by atoms with Gasteiger partial charge in [0.25, 0.3) is 0 Å². The number of rotatable bonds is 1. The fraction of sp³-hybridized carbons (Fsp3) is 0.273. The zero-order chi connectivity index (χ0) is 11.4. The van der Waals surface area contributed by atoms with Gasteiger partial charge in [-0.3, -0.25) is 10.4 Å². The minimum atomic E-state index is 0.511. The lowest BCUT2D eigenvalue weighted by Crippen LogP contribution is -2.33. The van der Waals surface area contributed by atoms with E-state index < -0.39 is 0 Å². The number of para-hydroxylation sites is 1. The molecule has 1 saturated heterocycles. The Kier molecular flexibility index (Phi) is 3.36. The zero-order valence-electron chi connectivity index (χ0n) is 9.10. The van der Waals surface area contributed by atoms with Gasteiger partial charge in [-0.1, -0.05) is 18.2 Å². The second-order valence-electron chi connectivity index (χ2n) is 3.46. The number of thiocarbonyl (C=S) groups is 1. The van der Waals surface area contributed by atoms with E-state index in [0.29, 0.717) is 5.11 Å². The lowest BCUT2D eigenvalue weighted by Gasteiger charge is -2.17. The Morgan fingerprint density at radius 3 is 2.88 bits per heavy atom. The number of hydrogen-bond acceptors (Lipinski definition) is 2. The maximum atomic E-state index is 4.99. The largest absolute Gasteiger partial charge is 0.364 e. The fourth-order valence-electron chi connectivity index (χ4n) is 1.55. The Morgan fingerprint density at radius 1 is 1.44 bits per heavy atom. The molecule has 84 valence electrons.